The number of carbonyl (C=O) groups is 1. The topological polar surface area (TPSA) is 91.2 Å². The predicted octanol–water partition coefficient (Wildman–Crippen LogP) is 3.24. The van der Waals surface area contributed by atoms with E-state index in [1.54, 1.807) is 43.5 Å². The zero-order valence-electron chi connectivity index (χ0n) is 15.5. The molecule has 4 rings (SSSR count). The molecule has 0 aliphatic heterocycles. The van der Waals surface area contributed by atoms with E-state index in [-0.39, 0.29) is 12.0 Å². The van der Waals surface area contributed by atoms with Crippen LogP contribution in [0.5, 0.6) is 11.5 Å². The van der Waals surface area contributed by atoms with Crippen molar-refractivity contribution in [2.75, 3.05) is 12.4 Å². The highest BCUT2D eigenvalue weighted by Gasteiger charge is 2.19. The highest BCUT2D eigenvalue weighted by atomic mass is 16.5. The van der Waals surface area contributed by atoms with Gasteiger partial charge >= 0.3 is 0 Å². The van der Waals surface area contributed by atoms with Gasteiger partial charge in [0.05, 0.1) is 18.9 Å². The maximum Gasteiger partial charge on any atom is 0.255 e. The quantitative estimate of drug-likeness (QED) is 0.707. The molecule has 1 heterocycles. The molecule has 3 aromatic rings. The second-order valence-electron chi connectivity index (χ2n) is 6.65. The lowest BCUT2D eigenvalue weighted by Crippen LogP contribution is -2.14. The van der Waals surface area contributed by atoms with Crippen molar-refractivity contribution in [3.63, 3.8) is 0 Å². The van der Waals surface area contributed by atoms with Crippen LogP contribution in [0.15, 0.2) is 48.8 Å². The second kappa shape index (κ2) is 8.08. The van der Waals surface area contributed by atoms with Crippen molar-refractivity contribution in [2.24, 2.45) is 0 Å². The van der Waals surface area contributed by atoms with E-state index in [0.29, 0.717) is 22.7 Å². The Labute approximate surface area is 162 Å². The summed E-state index contributed by atoms with van der Waals surface area (Å²) in [5.41, 5.74) is 1.97. The third kappa shape index (κ3) is 3.95. The molecule has 0 atom stereocenters. The molecule has 1 N–H and O–H groups in total. The lowest BCUT2D eigenvalue weighted by molar-refractivity contribution is 0.102. The van der Waals surface area contributed by atoms with Crippen molar-refractivity contribution in [3.05, 3.63) is 54.4 Å². The van der Waals surface area contributed by atoms with Crippen molar-refractivity contribution < 1.29 is 14.3 Å². The third-order valence-electron chi connectivity index (χ3n) is 4.76. The molecule has 1 saturated carbocycles. The molecular formula is C20H21N5O3. The van der Waals surface area contributed by atoms with Gasteiger partial charge in [0.15, 0.2) is 11.5 Å². The Hall–Kier alpha value is -3.42. The van der Waals surface area contributed by atoms with Crippen molar-refractivity contribution >= 4 is 11.6 Å². The highest BCUT2D eigenvalue weighted by molar-refractivity contribution is 6.04. The van der Waals surface area contributed by atoms with Crippen LogP contribution in [0.4, 0.5) is 5.69 Å². The highest BCUT2D eigenvalue weighted by Crippen LogP contribution is 2.34. The first-order valence-corrected chi connectivity index (χ1v) is 9.22. The number of hydrogen-bond donors (Lipinski definition) is 1. The minimum absolute atomic E-state index is 0.207. The van der Waals surface area contributed by atoms with Gasteiger partial charge in [-0.05, 0) is 72.5 Å². The molecule has 0 saturated heterocycles. The fourth-order valence-corrected chi connectivity index (χ4v) is 3.28. The maximum absolute atomic E-state index is 12.6. The first kappa shape index (κ1) is 18.0. The number of tetrazole rings is 1. The van der Waals surface area contributed by atoms with Gasteiger partial charge in [0.25, 0.3) is 5.91 Å². The molecule has 1 aliphatic rings. The molecule has 8 heteroatoms. The number of ether oxygens (including phenoxy) is 2. The standard InChI is InChI=1S/C20H21N5O3/c1-27-18-11-8-15(12-19(18)28-17-4-2-3-5-17)22-20(26)14-6-9-16(10-7-14)25-13-21-23-24-25/h6-13,17H,2-5H2,1H3,(H,22,26). The summed E-state index contributed by atoms with van der Waals surface area (Å²) < 4.78 is 13.0. The van der Waals surface area contributed by atoms with E-state index in [0.717, 1.165) is 18.5 Å². The molecule has 0 radical (unpaired) electrons. The van der Waals surface area contributed by atoms with Crippen LogP contribution in [0, 0.1) is 0 Å². The number of nitrogens with one attached hydrogen (secondary N) is 1. The summed E-state index contributed by atoms with van der Waals surface area (Å²) in [6.45, 7) is 0. The zero-order chi connectivity index (χ0) is 19.3. The second-order valence-corrected chi connectivity index (χ2v) is 6.65. The number of aromatic nitrogens is 4. The van der Waals surface area contributed by atoms with Gasteiger partial charge in [-0.15, -0.1) is 5.10 Å². The third-order valence-corrected chi connectivity index (χ3v) is 4.76. The summed E-state index contributed by atoms with van der Waals surface area (Å²) in [6.07, 6.45) is 6.17. The van der Waals surface area contributed by atoms with Crippen LogP contribution in [0.1, 0.15) is 36.0 Å². The molecule has 1 fully saturated rings. The summed E-state index contributed by atoms with van der Waals surface area (Å²) in [5, 5.41) is 13.9. The van der Waals surface area contributed by atoms with Gasteiger partial charge in [-0.25, -0.2) is 4.68 Å². The number of rotatable bonds is 6. The molecule has 0 unspecified atom stereocenters. The molecule has 1 aromatic heterocycles. The SMILES string of the molecule is COc1ccc(NC(=O)c2ccc(-n3cnnn3)cc2)cc1OC1CCCC1. The number of anilines is 1. The number of amides is 1. The van der Waals surface area contributed by atoms with Gasteiger partial charge in [-0.2, -0.15) is 0 Å². The van der Waals surface area contributed by atoms with Crippen LogP contribution in [-0.2, 0) is 0 Å². The fraction of sp³-hybridized carbons (Fsp3) is 0.300. The van der Waals surface area contributed by atoms with Crippen LogP contribution in [0.2, 0.25) is 0 Å². The summed E-state index contributed by atoms with van der Waals surface area (Å²) in [6, 6.07) is 12.4. The van der Waals surface area contributed by atoms with E-state index in [2.05, 4.69) is 20.8 Å². The average Bonchev–Trinajstić information content (AvgIpc) is 3.43. The number of benzene rings is 2. The van der Waals surface area contributed by atoms with Crippen molar-refractivity contribution in [2.45, 2.75) is 31.8 Å². The largest absolute Gasteiger partial charge is 0.493 e. The molecule has 8 nitrogen and oxygen atoms in total. The summed E-state index contributed by atoms with van der Waals surface area (Å²) >= 11 is 0. The summed E-state index contributed by atoms with van der Waals surface area (Å²) in [7, 11) is 1.61. The van der Waals surface area contributed by atoms with Gasteiger partial charge in [0, 0.05) is 17.3 Å². The van der Waals surface area contributed by atoms with Crippen LogP contribution in [0.3, 0.4) is 0 Å². The van der Waals surface area contributed by atoms with E-state index in [1.165, 1.54) is 23.9 Å². The van der Waals surface area contributed by atoms with E-state index >= 15 is 0 Å². The summed E-state index contributed by atoms with van der Waals surface area (Å²) in [5.74, 6) is 1.11. The molecule has 0 bridgehead atoms. The average molecular weight is 379 g/mol. The van der Waals surface area contributed by atoms with Crippen molar-refractivity contribution in [1.29, 1.82) is 0 Å². The van der Waals surface area contributed by atoms with E-state index < -0.39 is 0 Å². The molecule has 2 aromatic carbocycles. The van der Waals surface area contributed by atoms with Crippen LogP contribution in [0.25, 0.3) is 5.69 Å². The Kier molecular flexibility index (Phi) is 5.18. The van der Waals surface area contributed by atoms with Crippen molar-refractivity contribution in [3.8, 4) is 17.2 Å². The Morgan fingerprint density at radius 3 is 2.57 bits per heavy atom. The molecule has 1 amide bonds. The van der Waals surface area contributed by atoms with Crippen molar-refractivity contribution in [1.82, 2.24) is 20.2 Å². The van der Waals surface area contributed by atoms with Crippen LogP contribution in [-0.4, -0.2) is 39.3 Å². The minimum atomic E-state index is -0.208. The monoisotopic (exact) mass is 379 g/mol. The van der Waals surface area contributed by atoms with Gasteiger partial charge in [0.1, 0.15) is 6.33 Å². The number of hydrogen-bond acceptors (Lipinski definition) is 6. The minimum Gasteiger partial charge on any atom is -0.493 e. The normalized spacial score (nSPS) is 14.0. The van der Waals surface area contributed by atoms with E-state index in [1.807, 2.05) is 6.07 Å². The fourth-order valence-electron chi connectivity index (χ4n) is 3.28. The first-order valence-electron chi connectivity index (χ1n) is 9.22. The summed E-state index contributed by atoms with van der Waals surface area (Å²) in [4.78, 5) is 12.6. The zero-order valence-corrected chi connectivity index (χ0v) is 15.5. The van der Waals surface area contributed by atoms with Gasteiger partial charge in [0.2, 0.25) is 0 Å². The van der Waals surface area contributed by atoms with E-state index in [9.17, 15) is 4.79 Å². The lowest BCUT2D eigenvalue weighted by atomic mass is 10.2. The van der Waals surface area contributed by atoms with Gasteiger partial charge < -0.3 is 14.8 Å². The van der Waals surface area contributed by atoms with E-state index in [4.69, 9.17) is 9.47 Å². The predicted molar refractivity (Wildman–Crippen MR) is 103 cm³/mol. The lowest BCUT2D eigenvalue weighted by Gasteiger charge is -2.17. The Morgan fingerprint density at radius 1 is 1.11 bits per heavy atom. The molecular weight excluding hydrogens is 358 g/mol. The number of methoxy groups -OCH3 is 1. The van der Waals surface area contributed by atoms with Gasteiger partial charge in [-0.1, -0.05) is 0 Å². The first-order chi connectivity index (χ1) is 13.7. The van der Waals surface area contributed by atoms with Gasteiger partial charge in [-0.3, -0.25) is 4.79 Å². The Morgan fingerprint density at radius 2 is 1.89 bits per heavy atom. The maximum atomic E-state index is 12.6. The molecule has 0 spiro atoms. The number of carbonyl (C=O) groups excluding carboxylic acids is 1. The molecule has 28 heavy (non-hydrogen) atoms. The van der Waals surface area contributed by atoms with Crippen LogP contribution < -0.4 is 14.8 Å². The van der Waals surface area contributed by atoms with Crippen LogP contribution >= 0.6 is 0 Å². The number of nitrogens with zero attached hydrogens (tertiary/aromatic N) is 4. The Balaban J connectivity index is 1.47. The molecule has 144 valence electrons. The molecule has 1 aliphatic carbocycles. The Bertz CT molecular complexity index is 935. The smallest absolute Gasteiger partial charge is 0.255 e.